The first-order chi connectivity index (χ1) is 9.74. The highest BCUT2D eigenvalue weighted by atomic mass is 35.5. The lowest BCUT2D eigenvalue weighted by atomic mass is 9.99. The molecule has 20 heavy (non-hydrogen) atoms. The number of anilines is 1. The zero-order valence-corrected chi connectivity index (χ0v) is 11.8. The van der Waals surface area contributed by atoms with Gasteiger partial charge in [0.05, 0.1) is 11.7 Å². The van der Waals surface area contributed by atoms with Gasteiger partial charge in [0, 0.05) is 11.6 Å². The van der Waals surface area contributed by atoms with Crippen molar-refractivity contribution >= 4 is 17.3 Å². The Hall–Kier alpha value is -1.58. The van der Waals surface area contributed by atoms with Crippen LogP contribution in [0.1, 0.15) is 23.6 Å². The lowest BCUT2D eigenvalue weighted by Crippen LogP contribution is -2.15. The number of fused-ring (bicyclic) bond motifs is 1. The molecular formula is C16H16ClFN2. The van der Waals surface area contributed by atoms with Gasteiger partial charge in [0.2, 0.25) is 0 Å². The van der Waals surface area contributed by atoms with Crippen molar-refractivity contribution in [1.29, 1.82) is 0 Å². The number of hydrogen-bond donors (Lipinski definition) is 2. The van der Waals surface area contributed by atoms with Crippen LogP contribution >= 0.6 is 11.6 Å². The molecule has 2 N–H and O–H groups in total. The topological polar surface area (TPSA) is 24.1 Å². The van der Waals surface area contributed by atoms with Crippen molar-refractivity contribution in [2.45, 2.75) is 19.0 Å². The van der Waals surface area contributed by atoms with Crippen LogP contribution in [0.3, 0.4) is 0 Å². The largest absolute Gasteiger partial charge is 0.376 e. The summed E-state index contributed by atoms with van der Waals surface area (Å²) in [6.07, 6.45) is 0.906. The molecule has 0 radical (unpaired) electrons. The quantitative estimate of drug-likeness (QED) is 0.869. The van der Waals surface area contributed by atoms with Crippen LogP contribution < -0.4 is 10.6 Å². The number of benzene rings is 2. The van der Waals surface area contributed by atoms with Crippen molar-refractivity contribution in [1.82, 2.24) is 5.32 Å². The molecule has 0 bridgehead atoms. The Labute approximate surface area is 123 Å². The molecule has 0 fully saturated rings. The fraction of sp³-hybridized carbons (Fsp3) is 0.250. The minimum Gasteiger partial charge on any atom is -0.376 e. The maximum absolute atomic E-state index is 13.9. The van der Waals surface area contributed by atoms with Crippen molar-refractivity contribution in [3.63, 3.8) is 0 Å². The Morgan fingerprint density at radius 1 is 1.20 bits per heavy atom. The van der Waals surface area contributed by atoms with E-state index in [0.29, 0.717) is 10.7 Å². The molecule has 0 saturated heterocycles. The molecule has 1 unspecified atom stereocenters. The van der Waals surface area contributed by atoms with Crippen molar-refractivity contribution in [3.05, 3.63) is 64.4 Å². The van der Waals surface area contributed by atoms with Crippen LogP contribution in [-0.2, 0) is 6.54 Å². The van der Waals surface area contributed by atoms with Crippen LogP contribution in [0.5, 0.6) is 0 Å². The highest BCUT2D eigenvalue weighted by Crippen LogP contribution is 2.29. The molecule has 0 aliphatic carbocycles. The van der Waals surface area contributed by atoms with Crippen molar-refractivity contribution in [2.24, 2.45) is 0 Å². The molecular weight excluding hydrogens is 275 g/mol. The van der Waals surface area contributed by atoms with Crippen LogP contribution in [0.4, 0.5) is 10.1 Å². The molecule has 0 spiro atoms. The minimum absolute atomic E-state index is 0.0918. The highest BCUT2D eigenvalue weighted by molar-refractivity contribution is 6.30. The first-order valence-electron chi connectivity index (χ1n) is 6.74. The number of rotatable bonds is 2. The normalized spacial score (nSPS) is 18.2. The van der Waals surface area contributed by atoms with Gasteiger partial charge in [0.1, 0.15) is 5.82 Å². The fourth-order valence-electron chi connectivity index (χ4n) is 2.61. The average molecular weight is 291 g/mol. The summed E-state index contributed by atoms with van der Waals surface area (Å²) in [4.78, 5) is 0. The summed E-state index contributed by atoms with van der Waals surface area (Å²) in [7, 11) is 0. The third-order valence-corrected chi connectivity index (χ3v) is 3.85. The molecule has 2 aromatic carbocycles. The van der Waals surface area contributed by atoms with E-state index in [2.05, 4.69) is 22.8 Å². The Kier molecular flexibility index (Phi) is 3.90. The number of hydrogen-bond acceptors (Lipinski definition) is 2. The van der Waals surface area contributed by atoms with E-state index in [0.717, 1.165) is 19.5 Å². The second-order valence-corrected chi connectivity index (χ2v) is 5.42. The van der Waals surface area contributed by atoms with Crippen LogP contribution in [-0.4, -0.2) is 6.54 Å². The number of nitrogens with one attached hydrogen (secondary N) is 2. The summed E-state index contributed by atoms with van der Waals surface area (Å²) in [6, 6.07) is 12.9. The molecule has 2 nitrogen and oxygen atoms in total. The zero-order chi connectivity index (χ0) is 13.9. The summed E-state index contributed by atoms with van der Waals surface area (Å²) in [5, 5.41) is 7.21. The van der Waals surface area contributed by atoms with Crippen LogP contribution in [0, 0.1) is 5.82 Å². The van der Waals surface area contributed by atoms with Crippen LogP contribution in [0.25, 0.3) is 0 Å². The van der Waals surface area contributed by atoms with Gasteiger partial charge >= 0.3 is 0 Å². The Bertz CT molecular complexity index is 615. The molecule has 1 aliphatic heterocycles. The summed E-state index contributed by atoms with van der Waals surface area (Å²) in [5.74, 6) is -0.274. The Morgan fingerprint density at radius 3 is 2.95 bits per heavy atom. The zero-order valence-electron chi connectivity index (χ0n) is 11.0. The SMILES string of the molecule is Fc1ccc(Cl)cc1NC1CCNCc2ccccc21. The maximum Gasteiger partial charge on any atom is 0.146 e. The van der Waals surface area contributed by atoms with Gasteiger partial charge in [-0.1, -0.05) is 35.9 Å². The molecule has 1 heterocycles. The van der Waals surface area contributed by atoms with Crippen LogP contribution in [0.2, 0.25) is 5.02 Å². The first-order valence-corrected chi connectivity index (χ1v) is 7.12. The summed E-state index contributed by atoms with van der Waals surface area (Å²) in [5.41, 5.74) is 2.93. The van der Waals surface area contributed by atoms with Gasteiger partial charge in [-0.2, -0.15) is 0 Å². The van der Waals surface area contributed by atoms with Gasteiger partial charge in [-0.05, 0) is 42.3 Å². The van der Waals surface area contributed by atoms with Gasteiger partial charge in [0.25, 0.3) is 0 Å². The summed E-state index contributed by atoms with van der Waals surface area (Å²) < 4.78 is 13.9. The predicted molar refractivity (Wildman–Crippen MR) is 80.5 cm³/mol. The third-order valence-electron chi connectivity index (χ3n) is 3.61. The molecule has 1 atom stereocenters. The van der Waals surface area contributed by atoms with E-state index in [4.69, 9.17) is 11.6 Å². The average Bonchev–Trinajstić information content (AvgIpc) is 2.66. The lowest BCUT2D eigenvalue weighted by molar-refractivity contribution is 0.612. The van der Waals surface area contributed by atoms with Crippen molar-refractivity contribution in [2.75, 3.05) is 11.9 Å². The maximum atomic E-state index is 13.9. The van der Waals surface area contributed by atoms with E-state index < -0.39 is 0 Å². The van der Waals surface area contributed by atoms with E-state index >= 15 is 0 Å². The molecule has 4 heteroatoms. The first kappa shape index (κ1) is 13.4. The molecule has 3 rings (SSSR count). The summed E-state index contributed by atoms with van der Waals surface area (Å²) >= 11 is 5.95. The van der Waals surface area contributed by atoms with E-state index in [1.165, 1.54) is 17.2 Å². The Balaban J connectivity index is 1.92. The van der Waals surface area contributed by atoms with E-state index in [9.17, 15) is 4.39 Å². The van der Waals surface area contributed by atoms with Gasteiger partial charge < -0.3 is 10.6 Å². The van der Waals surface area contributed by atoms with Gasteiger partial charge in [-0.25, -0.2) is 4.39 Å². The van der Waals surface area contributed by atoms with E-state index in [1.54, 1.807) is 12.1 Å². The Morgan fingerprint density at radius 2 is 2.05 bits per heavy atom. The highest BCUT2D eigenvalue weighted by Gasteiger charge is 2.19. The number of halogens is 2. The van der Waals surface area contributed by atoms with Gasteiger partial charge in [-0.3, -0.25) is 0 Å². The molecule has 1 aliphatic rings. The molecule has 0 aromatic heterocycles. The summed E-state index contributed by atoms with van der Waals surface area (Å²) in [6.45, 7) is 1.75. The fourth-order valence-corrected chi connectivity index (χ4v) is 2.78. The molecule has 104 valence electrons. The second kappa shape index (κ2) is 5.81. The molecule has 2 aromatic rings. The van der Waals surface area contributed by atoms with Crippen molar-refractivity contribution < 1.29 is 4.39 Å². The lowest BCUT2D eigenvalue weighted by Gasteiger charge is -2.20. The van der Waals surface area contributed by atoms with Crippen molar-refractivity contribution in [3.8, 4) is 0 Å². The minimum atomic E-state index is -0.274. The van der Waals surface area contributed by atoms with Crippen LogP contribution in [0.15, 0.2) is 42.5 Å². The smallest absolute Gasteiger partial charge is 0.146 e. The van der Waals surface area contributed by atoms with Gasteiger partial charge in [-0.15, -0.1) is 0 Å². The third kappa shape index (κ3) is 2.79. The van der Waals surface area contributed by atoms with Gasteiger partial charge in [0.15, 0.2) is 0 Å². The van der Waals surface area contributed by atoms with E-state index in [1.807, 2.05) is 12.1 Å². The molecule has 0 amide bonds. The predicted octanol–water partition coefficient (Wildman–Crippen LogP) is 4.13. The molecule has 0 saturated carbocycles. The second-order valence-electron chi connectivity index (χ2n) is 4.99. The van der Waals surface area contributed by atoms with E-state index in [-0.39, 0.29) is 11.9 Å². The monoisotopic (exact) mass is 290 g/mol. The standard InChI is InChI=1S/C16H16ClFN2/c17-12-5-6-14(18)16(9-12)20-15-7-8-19-10-11-3-1-2-4-13(11)15/h1-6,9,15,19-20H,7-8,10H2.